The van der Waals surface area contributed by atoms with Gasteiger partial charge in [0.15, 0.2) is 0 Å². The second-order valence-electron chi connectivity index (χ2n) is 5.44. The van der Waals surface area contributed by atoms with Crippen molar-refractivity contribution in [2.75, 3.05) is 0 Å². The van der Waals surface area contributed by atoms with Gasteiger partial charge in [-0.05, 0) is 19.3 Å². The molecule has 1 aliphatic carbocycles. The van der Waals surface area contributed by atoms with Crippen LogP contribution in [0.25, 0.3) is 0 Å². The molecule has 0 amide bonds. The monoisotopic (exact) mass is 237 g/mol. The first-order valence-electron chi connectivity index (χ1n) is 7.73. The van der Waals surface area contributed by atoms with E-state index in [4.69, 9.17) is 0 Å². The molecule has 1 heteroatoms. The number of carbonyl (C=O) groups is 1. The third kappa shape index (κ3) is 9.38. The van der Waals surface area contributed by atoms with Gasteiger partial charge in [0.05, 0.1) is 0 Å². The molecule has 0 aromatic rings. The van der Waals surface area contributed by atoms with Gasteiger partial charge in [0.2, 0.25) is 0 Å². The molecular weight excluding hydrogens is 208 g/mol. The van der Waals surface area contributed by atoms with E-state index in [-0.39, 0.29) is 0 Å². The smallest absolute Gasteiger partial charge is 0.132 e. The first-order valence-corrected chi connectivity index (χ1v) is 7.73. The van der Waals surface area contributed by atoms with Gasteiger partial charge in [-0.25, -0.2) is 0 Å². The average molecular weight is 237 g/mol. The van der Waals surface area contributed by atoms with E-state index in [0.717, 1.165) is 25.7 Å². The van der Waals surface area contributed by atoms with Gasteiger partial charge in [-0.2, -0.15) is 0 Å². The quantitative estimate of drug-likeness (QED) is 0.563. The summed E-state index contributed by atoms with van der Waals surface area (Å²) in [4.78, 5) is 11.6. The van der Waals surface area contributed by atoms with Crippen LogP contribution in [0.5, 0.6) is 0 Å². The Bertz CT molecular complexity index is 168. The SMILES string of the molecule is O=C1CCCCCC[CH]CCCCCCCC1. The first kappa shape index (κ1) is 14.7. The third-order valence-corrected chi connectivity index (χ3v) is 3.73. The zero-order valence-electron chi connectivity index (χ0n) is 11.4. The molecule has 0 aromatic heterocycles. The van der Waals surface area contributed by atoms with Gasteiger partial charge in [0, 0.05) is 12.8 Å². The first-order chi connectivity index (χ1) is 8.39. The number of Topliss-reactive ketones (excluding diaryl/α,β-unsaturated/α-hetero) is 1. The largest absolute Gasteiger partial charge is 0.300 e. The minimum Gasteiger partial charge on any atom is -0.300 e. The van der Waals surface area contributed by atoms with Crippen LogP contribution in [0.1, 0.15) is 89.9 Å². The molecule has 0 heterocycles. The van der Waals surface area contributed by atoms with E-state index in [1.807, 2.05) is 0 Å². The Morgan fingerprint density at radius 2 is 1.00 bits per heavy atom. The Kier molecular flexibility index (Phi) is 9.36. The van der Waals surface area contributed by atoms with Crippen molar-refractivity contribution < 1.29 is 4.79 Å². The fourth-order valence-electron chi connectivity index (χ4n) is 2.55. The van der Waals surface area contributed by atoms with Crippen molar-refractivity contribution in [3.8, 4) is 0 Å². The van der Waals surface area contributed by atoms with Crippen molar-refractivity contribution in [3.63, 3.8) is 0 Å². The highest BCUT2D eigenvalue weighted by molar-refractivity contribution is 5.78. The van der Waals surface area contributed by atoms with Crippen molar-refractivity contribution in [1.82, 2.24) is 0 Å². The van der Waals surface area contributed by atoms with Crippen molar-refractivity contribution in [2.24, 2.45) is 0 Å². The Balaban J connectivity index is 2.11. The fourth-order valence-corrected chi connectivity index (χ4v) is 2.55. The van der Waals surface area contributed by atoms with E-state index in [2.05, 4.69) is 6.42 Å². The zero-order valence-corrected chi connectivity index (χ0v) is 11.4. The van der Waals surface area contributed by atoms with Crippen LogP contribution in [0.3, 0.4) is 0 Å². The summed E-state index contributed by atoms with van der Waals surface area (Å²) < 4.78 is 0. The van der Waals surface area contributed by atoms with E-state index >= 15 is 0 Å². The molecule has 0 atom stereocenters. The molecule has 1 radical (unpaired) electrons. The highest BCUT2D eigenvalue weighted by Gasteiger charge is 2.02. The lowest BCUT2D eigenvalue weighted by Crippen LogP contribution is -1.97. The molecule has 0 spiro atoms. The highest BCUT2D eigenvalue weighted by Crippen LogP contribution is 2.14. The number of hydrogen-bond acceptors (Lipinski definition) is 1. The summed E-state index contributed by atoms with van der Waals surface area (Å²) in [6.45, 7) is 0. The molecule has 0 unspecified atom stereocenters. The van der Waals surface area contributed by atoms with Crippen molar-refractivity contribution in [1.29, 1.82) is 0 Å². The molecular formula is C16H29O. The topological polar surface area (TPSA) is 17.1 Å². The number of ketones is 1. The van der Waals surface area contributed by atoms with Gasteiger partial charge in [0.25, 0.3) is 0 Å². The summed E-state index contributed by atoms with van der Waals surface area (Å²) in [7, 11) is 0. The molecule has 17 heavy (non-hydrogen) atoms. The molecule has 1 rings (SSSR count). The Morgan fingerprint density at radius 3 is 1.53 bits per heavy atom. The lowest BCUT2D eigenvalue weighted by atomic mass is 10.0. The van der Waals surface area contributed by atoms with Crippen LogP contribution in [-0.2, 0) is 4.79 Å². The summed E-state index contributed by atoms with van der Waals surface area (Å²) >= 11 is 0. The highest BCUT2D eigenvalue weighted by atomic mass is 16.1. The minimum absolute atomic E-state index is 0.503. The molecule has 0 N–H and O–H groups in total. The van der Waals surface area contributed by atoms with E-state index < -0.39 is 0 Å². The molecule has 99 valence electrons. The average Bonchev–Trinajstić information content (AvgIpc) is 2.32. The van der Waals surface area contributed by atoms with Crippen LogP contribution < -0.4 is 0 Å². The second-order valence-corrected chi connectivity index (χ2v) is 5.44. The summed E-state index contributed by atoms with van der Waals surface area (Å²) in [5, 5.41) is 0. The molecule has 0 saturated heterocycles. The normalized spacial score (nSPS) is 23.4. The number of rotatable bonds is 0. The summed E-state index contributed by atoms with van der Waals surface area (Å²) in [5.41, 5.74) is 0. The summed E-state index contributed by atoms with van der Waals surface area (Å²) in [5.74, 6) is 0.503. The van der Waals surface area contributed by atoms with Gasteiger partial charge < -0.3 is 0 Å². The number of carbonyl (C=O) groups excluding carboxylic acids is 1. The fraction of sp³-hybridized carbons (Fsp3) is 0.875. The standard InChI is InChI=1S/C16H29O/c17-16-14-12-10-8-6-4-2-1-3-5-7-9-11-13-15-16/h2H,1,3-15H2. The lowest BCUT2D eigenvalue weighted by molar-refractivity contribution is -0.119. The van der Waals surface area contributed by atoms with Crippen LogP contribution in [-0.4, -0.2) is 5.78 Å². The van der Waals surface area contributed by atoms with Crippen molar-refractivity contribution in [3.05, 3.63) is 6.42 Å². The predicted octanol–water partition coefficient (Wildman–Crippen LogP) is 5.23. The lowest BCUT2D eigenvalue weighted by Gasteiger charge is -2.05. The van der Waals surface area contributed by atoms with Gasteiger partial charge in [-0.3, -0.25) is 4.79 Å². The van der Waals surface area contributed by atoms with Gasteiger partial charge in [-0.1, -0.05) is 64.2 Å². The van der Waals surface area contributed by atoms with Crippen molar-refractivity contribution in [2.45, 2.75) is 89.9 Å². The summed E-state index contributed by atoms with van der Waals surface area (Å²) in [6.07, 6.45) is 19.6. The second kappa shape index (κ2) is 10.8. The minimum atomic E-state index is 0.503. The van der Waals surface area contributed by atoms with E-state index in [9.17, 15) is 4.79 Å². The molecule has 0 bridgehead atoms. The summed E-state index contributed by atoms with van der Waals surface area (Å²) in [6, 6.07) is 0. The van der Waals surface area contributed by atoms with E-state index in [0.29, 0.717) is 5.78 Å². The van der Waals surface area contributed by atoms with Crippen LogP contribution >= 0.6 is 0 Å². The van der Waals surface area contributed by atoms with Crippen LogP contribution in [0.4, 0.5) is 0 Å². The number of hydrogen-bond donors (Lipinski definition) is 0. The Labute approximate surface area is 107 Å². The maximum absolute atomic E-state index is 11.6. The van der Waals surface area contributed by atoms with Crippen LogP contribution in [0.15, 0.2) is 0 Å². The van der Waals surface area contributed by atoms with Gasteiger partial charge >= 0.3 is 0 Å². The molecule has 1 fully saturated rings. The molecule has 0 aromatic carbocycles. The van der Waals surface area contributed by atoms with Crippen molar-refractivity contribution >= 4 is 5.78 Å². The predicted molar refractivity (Wildman–Crippen MR) is 73.9 cm³/mol. The maximum atomic E-state index is 11.6. The Morgan fingerprint density at radius 1 is 0.588 bits per heavy atom. The zero-order chi connectivity index (χ0) is 12.2. The van der Waals surface area contributed by atoms with E-state index in [1.54, 1.807) is 0 Å². The van der Waals surface area contributed by atoms with Crippen LogP contribution in [0, 0.1) is 6.42 Å². The molecule has 0 aliphatic heterocycles. The molecule has 1 saturated carbocycles. The van der Waals surface area contributed by atoms with Gasteiger partial charge in [0.1, 0.15) is 5.78 Å². The Hall–Kier alpha value is -0.330. The van der Waals surface area contributed by atoms with Gasteiger partial charge in [-0.15, -0.1) is 0 Å². The third-order valence-electron chi connectivity index (χ3n) is 3.73. The van der Waals surface area contributed by atoms with Crippen LogP contribution in [0.2, 0.25) is 0 Å². The molecule has 1 nitrogen and oxygen atoms in total. The molecule has 1 aliphatic rings. The maximum Gasteiger partial charge on any atom is 0.132 e. The van der Waals surface area contributed by atoms with E-state index in [1.165, 1.54) is 64.2 Å².